The van der Waals surface area contributed by atoms with Crippen LogP contribution in [0.25, 0.3) is 11.1 Å². The Labute approximate surface area is 131 Å². The lowest BCUT2D eigenvalue weighted by molar-refractivity contribution is 0.103. The fourth-order valence-electron chi connectivity index (χ4n) is 2.65. The molecule has 0 N–H and O–H groups in total. The molecular weight excluding hydrogens is 268 g/mol. The highest BCUT2D eigenvalue weighted by molar-refractivity contribution is 6.09. The van der Waals surface area contributed by atoms with Crippen molar-refractivity contribution in [3.8, 4) is 11.1 Å². The summed E-state index contributed by atoms with van der Waals surface area (Å²) in [6, 6.07) is 23.6. The molecule has 0 saturated carbocycles. The maximum atomic E-state index is 12.6. The van der Waals surface area contributed by atoms with Crippen molar-refractivity contribution in [1.82, 2.24) is 0 Å². The molecule has 0 radical (unpaired) electrons. The summed E-state index contributed by atoms with van der Waals surface area (Å²) in [6.45, 7) is 4.23. The molecule has 108 valence electrons. The Morgan fingerprint density at radius 1 is 0.727 bits per heavy atom. The van der Waals surface area contributed by atoms with Gasteiger partial charge in [0.25, 0.3) is 0 Å². The molecule has 0 fully saturated rings. The van der Waals surface area contributed by atoms with Gasteiger partial charge in [-0.25, -0.2) is 0 Å². The predicted molar refractivity (Wildman–Crippen MR) is 91.2 cm³/mol. The lowest BCUT2D eigenvalue weighted by Crippen LogP contribution is -2.01. The molecule has 0 atom stereocenters. The zero-order valence-corrected chi connectivity index (χ0v) is 12.8. The summed E-state index contributed by atoms with van der Waals surface area (Å²) in [5, 5.41) is 0. The molecular formula is C21H18O. The number of carbonyl (C=O) groups excluding carboxylic acids is 1. The average molecular weight is 286 g/mol. The van der Waals surface area contributed by atoms with Crippen LogP contribution < -0.4 is 0 Å². The second kappa shape index (κ2) is 5.98. The first-order valence-corrected chi connectivity index (χ1v) is 7.43. The van der Waals surface area contributed by atoms with Crippen LogP contribution in [0.3, 0.4) is 0 Å². The minimum Gasteiger partial charge on any atom is -0.289 e. The predicted octanol–water partition coefficient (Wildman–Crippen LogP) is 5.20. The molecule has 0 unspecified atom stereocenters. The molecule has 0 aliphatic heterocycles. The number of hydrogen-bond acceptors (Lipinski definition) is 1. The molecule has 3 aromatic rings. The minimum absolute atomic E-state index is 0.0627. The quantitative estimate of drug-likeness (QED) is 0.605. The van der Waals surface area contributed by atoms with Gasteiger partial charge < -0.3 is 0 Å². The van der Waals surface area contributed by atoms with Gasteiger partial charge in [0.2, 0.25) is 0 Å². The molecule has 0 spiro atoms. The van der Waals surface area contributed by atoms with E-state index in [1.165, 1.54) is 16.7 Å². The molecule has 0 heterocycles. The third-order valence-corrected chi connectivity index (χ3v) is 4.08. The van der Waals surface area contributed by atoms with Gasteiger partial charge in [0.15, 0.2) is 5.78 Å². The third-order valence-electron chi connectivity index (χ3n) is 4.08. The number of ketones is 1. The largest absolute Gasteiger partial charge is 0.289 e. The normalized spacial score (nSPS) is 10.5. The summed E-state index contributed by atoms with van der Waals surface area (Å²) >= 11 is 0. The highest BCUT2D eigenvalue weighted by Crippen LogP contribution is 2.26. The molecule has 0 amide bonds. The standard InChI is InChI=1S/C21H18O/c1-15-8-6-13-20(16(15)2)18-11-7-12-19(14-18)21(22)17-9-4-3-5-10-17/h3-14H,1-2H3. The molecule has 0 saturated heterocycles. The SMILES string of the molecule is Cc1cccc(-c2cccc(C(=O)c3ccccc3)c2)c1C. The lowest BCUT2D eigenvalue weighted by atomic mass is 9.94. The average Bonchev–Trinajstić information content (AvgIpc) is 2.57. The van der Waals surface area contributed by atoms with Gasteiger partial charge >= 0.3 is 0 Å². The summed E-state index contributed by atoms with van der Waals surface area (Å²) in [5.41, 5.74) is 6.24. The van der Waals surface area contributed by atoms with E-state index in [9.17, 15) is 4.79 Å². The van der Waals surface area contributed by atoms with Gasteiger partial charge in [-0.3, -0.25) is 4.79 Å². The molecule has 22 heavy (non-hydrogen) atoms. The molecule has 3 aromatic carbocycles. The first-order valence-electron chi connectivity index (χ1n) is 7.43. The molecule has 0 aromatic heterocycles. The summed E-state index contributed by atoms with van der Waals surface area (Å²) in [5.74, 6) is 0.0627. The Hall–Kier alpha value is -2.67. The van der Waals surface area contributed by atoms with Crippen LogP contribution >= 0.6 is 0 Å². The Morgan fingerprint density at radius 2 is 1.41 bits per heavy atom. The van der Waals surface area contributed by atoms with Gasteiger partial charge in [-0.05, 0) is 42.2 Å². The fourth-order valence-corrected chi connectivity index (χ4v) is 2.65. The van der Waals surface area contributed by atoms with Gasteiger partial charge in [-0.1, -0.05) is 66.7 Å². The van der Waals surface area contributed by atoms with E-state index in [1.807, 2.05) is 48.5 Å². The van der Waals surface area contributed by atoms with Gasteiger partial charge in [0.1, 0.15) is 0 Å². The van der Waals surface area contributed by atoms with E-state index in [1.54, 1.807) is 0 Å². The second-order valence-electron chi connectivity index (χ2n) is 5.52. The van der Waals surface area contributed by atoms with Gasteiger partial charge in [0, 0.05) is 11.1 Å². The number of hydrogen-bond donors (Lipinski definition) is 0. The van der Waals surface area contributed by atoms with Gasteiger partial charge in [-0.15, -0.1) is 0 Å². The maximum absolute atomic E-state index is 12.6. The Balaban J connectivity index is 2.04. The van der Waals surface area contributed by atoms with Crippen molar-refractivity contribution in [2.45, 2.75) is 13.8 Å². The maximum Gasteiger partial charge on any atom is 0.193 e. The van der Waals surface area contributed by atoms with E-state index in [-0.39, 0.29) is 5.78 Å². The lowest BCUT2D eigenvalue weighted by Gasteiger charge is -2.10. The van der Waals surface area contributed by atoms with E-state index in [4.69, 9.17) is 0 Å². The third kappa shape index (κ3) is 2.71. The van der Waals surface area contributed by atoms with Crippen molar-refractivity contribution in [3.05, 3.63) is 95.1 Å². The van der Waals surface area contributed by atoms with Crippen LogP contribution in [0.15, 0.2) is 72.8 Å². The van der Waals surface area contributed by atoms with Crippen LogP contribution in [-0.2, 0) is 0 Å². The number of benzene rings is 3. The van der Waals surface area contributed by atoms with E-state index in [0.29, 0.717) is 0 Å². The van der Waals surface area contributed by atoms with Gasteiger partial charge in [0.05, 0.1) is 0 Å². The van der Waals surface area contributed by atoms with Crippen molar-refractivity contribution < 1.29 is 4.79 Å². The van der Waals surface area contributed by atoms with E-state index in [2.05, 4.69) is 38.1 Å². The zero-order valence-electron chi connectivity index (χ0n) is 12.8. The number of carbonyl (C=O) groups is 1. The summed E-state index contributed by atoms with van der Waals surface area (Å²) in [7, 11) is 0. The van der Waals surface area contributed by atoms with Crippen LogP contribution in [0.1, 0.15) is 27.0 Å². The van der Waals surface area contributed by atoms with Gasteiger partial charge in [-0.2, -0.15) is 0 Å². The first kappa shape index (κ1) is 14.3. The molecule has 0 aliphatic rings. The smallest absolute Gasteiger partial charge is 0.193 e. The molecule has 3 rings (SSSR count). The topological polar surface area (TPSA) is 17.1 Å². The highest BCUT2D eigenvalue weighted by Gasteiger charge is 2.10. The molecule has 1 nitrogen and oxygen atoms in total. The number of aryl methyl sites for hydroxylation is 1. The van der Waals surface area contributed by atoms with Crippen molar-refractivity contribution in [2.75, 3.05) is 0 Å². The van der Waals surface area contributed by atoms with E-state index in [0.717, 1.165) is 16.7 Å². The van der Waals surface area contributed by atoms with Crippen LogP contribution in [0, 0.1) is 13.8 Å². The van der Waals surface area contributed by atoms with Crippen LogP contribution in [-0.4, -0.2) is 5.78 Å². The minimum atomic E-state index is 0.0627. The molecule has 0 aliphatic carbocycles. The number of rotatable bonds is 3. The van der Waals surface area contributed by atoms with Crippen molar-refractivity contribution >= 4 is 5.78 Å². The first-order chi connectivity index (χ1) is 10.7. The van der Waals surface area contributed by atoms with E-state index < -0.39 is 0 Å². The van der Waals surface area contributed by atoms with Crippen LogP contribution in [0.4, 0.5) is 0 Å². The van der Waals surface area contributed by atoms with Crippen molar-refractivity contribution in [1.29, 1.82) is 0 Å². The second-order valence-corrected chi connectivity index (χ2v) is 5.52. The fraction of sp³-hybridized carbons (Fsp3) is 0.0952. The van der Waals surface area contributed by atoms with E-state index >= 15 is 0 Å². The zero-order chi connectivity index (χ0) is 15.5. The Morgan fingerprint density at radius 3 is 2.18 bits per heavy atom. The van der Waals surface area contributed by atoms with Crippen LogP contribution in [0.5, 0.6) is 0 Å². The Bertz CT molecular complexity index is 816. The van der Waals surface area contributed by atoms with Crippen molar-refractivity contribution in [3.63, 3.8) is 0 Å². The van der Waals surface area contributed by atoms with Crippen molar-refractivity contribution in [2.24, 2.45) is 0 Å². The summed E-state index contributed by atoms with van der Waals surface area (Å²) < 4.78 is 0. The summed E-state index contributed by atoms with van der Waals surface area (Å²) in [4.78, 5) is 12.6. The Kier molecular flexibility index (Phi) is 3.88. The summed E-state index contributed by atoms with van der Waals surface area (Å²) in [6.07, 6.45) is 0. The van der Waals surface area contributed by atoms with Crippen LogP contribution in [0.2, 0.25) is 0 Å². The molecule has 1 heteroatoms. The molecule has 0 bridgehead atoms. The monoisotopic (exact) mass is 286 g/mol. The highest BCUT2D eigenvalue weighted by atomic mass is 16.1.